The Morgan fingerprint density at radius 3 is 2.68 bits per heavy atom. The molecular weight excluding hydrogens is 447 g/mol. The first-order chi connectivity index (χ1) is 16.4. The number of ether oxygens (including phenoxy) is 1. The number of hydrogen-bond donors (Lipinski definition) is 1. The molecule has 34 heavy (non-hydrogen) atoms. The zero-order valence-corrected chi connectivity index (χ0v) is 17.8. The van der Waals surface area contributed by atoms with Gasteiger partial charge in [-0.25, -0.2) is 14.1 Å². The molecule has 0 aliphatic carbocycles. The number of rotatable bonds is 9. The highest BCUT2D eigenvalue weighted by molar-refractivity contribution is 5.77. The highest BCUT2D eigenvalue weighted by Crippen LogP contribution is 2.15. The zero-order valence-electron chi connectivity index (χ0n) is 17.8. The van der Waals surface area contributed by atoms with E-state index in [4.69, 9.17) is 4.74 Å². The van der Waals surface area contributed by atoms with Crippen LogP contribution in [0.5, 0.6) is 5.75 Å². The Balaban J connectivity index is 1.35. The minimum Gasteiger partial charge on any atom is -0.481 e. The molecular formula is C22H19FN6O5. The highest BCUT2D eigenvalue weighted by Gasteiger charge is 2.12. The van der Waals surface area contributed by atoms with Crippen LogP contribution in [0.3, 0.4) is 0 Å². The molecule has 0 unspecified atom stereocenters. The van der Waals surface area contributed by atoms with Gasteiger partial charge in [-0.05, 0) is 17.7 Å². The fourth-order valence-electron chi connectivity index (χ4n) is 3.25. The fraction of sp³-hybridized carbons (Fsp3) is 0.182. The Labute approximate surface area is 191 Å². The summed E-state index contributed by atoms with van der Waals surface area (Å²) in [7, 11) is 0. The first-order valence-corrected chi connectivity index (χ1v) is 10.2. The van der Waals surface area contributed by atoms with Crippen molar-refractivity contribution in [3.05, 3.63) is 92.9 Å². The molecule has 2 heterocycles. The Hall–Kier alpha value is -4.61. The summed E-state index contributed by atoms with van der Waals surface area (Å²) in [4.78, 5) is 39.3. The third kappa shape index (κ3) is 5.06. The van der Waals surface area contributed by atoms with Crippen LogP contribution >= 0.6 is 0 Å². The maximum atomic E-state index is 13.5. The van der Waals surface area contributed by atoms with Gasteiger partial charge in [-0.3, -0.25) is 24.3 Å². The van der Waals surface area contributed by atoms with Crippen LogP contribution in [-0.4, -0.2) is 43.3 Å². The van der Waals surface area contributed by atoms with Gasteiger partial charge in [0.05, 0.1) is 24.2 Å². The van der Waals surface area contributed by atoms with E-state index in [0.29, 0.717) is 16.6 Å². The van der Waals surface area contributed by atoms with Crippen LogP contribution in [0.1, 0.15) is 5.56 Å². The van der Waals surface area contributed by atoms with Crippen molar-refractivity contribution in [2.45, 2.75) is 13.1 Å². The number of fused-ring (bicyclic) bond motifs is 1. The summed E-state index contributed by atoms with van der Waals surface area (Å²) in [5.41, 5.74) is 0.733. The Morgan fingerprint density at radius 2 is 1.94 bits per heavy atom. The Kier molecular flexibility index (Phi) is 6.57. The van der Waals surface area contributed by atoms with Crippen molar-refractivity contribution in [3.8, 4) is 5.75 Å². The van der Waals surface area contributed by atoms with Gasteiger partial charge in [-0.1, -0.05) is 24.3 Å². The normalized spacial score (nSPS) is 10.9. The molecule has 12 heteroatoms. The molecule has 0 atom stereocenters. The topological polar surface area (TPSA) is 134 Å². The lowest BCUT2D eigenvalue weighted by molar-refractivity contribution is -0.384. The van der Waals surface area contributed by atoms with Crippen molar-refractivity contribution in [2.75, 3.05) is 13.2 Å². The smallest absolute Gasteiger partial charge is 0.269 e. The van der Waals surface area contributed by atoms with Gasteiger partial charge in [0, 0.05) is 18.7 Å². The second-order valence-corrected chi connectivity index (χ2v) is 7.28. The lowest BCUT2D eigenvalue weighted by Gasteiger charge is -2.09. The van der Waals surface area contributed by atoms with Crippen molar-refractivity contribution < 1.29 is 18.8 Å². The van der Waals surface area contributed by atoms with Gasteiger partial charge >= 0.3 is 0 Å². The van der Waals surface area contributed by atoms with E-state index in [2.05, 4.69) is 15.4 Å². The third-order valence-electron chi connectivity index (χ3n) is 4.96. The number of nitro benzene ring substituents is 1. The molecule has 0 aliphatic heterocycles. The lowest BCUT2D eigenvalue weighted by Crippen LogP contribution is -2.32. The molecule has 2 aromatic carbocycles. The van der Waals surface area contributed by atoms with Gasteiger partial charge in [-0.2, -0.15) is 5.10 Å². The number of carbonyl (C=O) groups is 1. The average molecular weight is 466 g/mol. The standard InChI is InChI=1S/C22H19FN6O5/c23-18-3-1-2-4-19(18)34-13-20(30)24-9-10-28-21-17(11-26-28)22(31)27(14-25-21)12-15-5-7-16(8-6-15)29(32)33/h1-8,11,14H,9-10,12-13H2,(H,24,30). The molecule has 174 valence electrons. The molecule has 0 saturated carbocycles. The third-order valence-corrected chi connectivity index (χ3v) is 4.96. The molecule has 0 spiro atoms. The number of nitrogens with one attached hydrogen (secondary N) is 1. The van der Waals surface area contributed by atoms with Gasteiger partial charge in [0.15, 0.2) is 23.8 Å². The first kappa shape index (κ1) is 22.6. The van der Waals surface area contributed by atoms with Gasteiger partial charge in [0.2, 0.25) is 0 Å². The Bertz CT molecular complexity index is 1400. The number of nitrogens with zero attached hydrogens (tertiary/aromatic N) is 5. The van der Waals surface area contributed by atoms with E-state index in [0.717, 1.165) is 0 Å². The van der Waals surface area contributed by atoms with Crippen molar-refractivity contribution in [1.29, 1.82) is 0 Å². The zero-order chi connectivity index (χ0) is 24.1. The van der Waals surface area contributed by atoms with E-state index in [-0.39, 0.29) is 43.2 Å². The summed E-state index contributed by atoms with van der Waals surface area (Å²) in [6.45, 7) is 0.312. The number of halogens is 1. The number of nitro groups is 1. The second-order valence-electron chi connectivity index (χ2n) is 7.28. The summed E-state index contributed by atoms with van der Waals surface area (Å²) < 4.78 is 21.6. The molecule has 4 rings (SSSR count). The van der Waals surface area contributed by atoms with Crippen LogP contribution in [-0.2, 0) is 17.9 Å². The quantitative estimate of drug-likeness (QED) is 0.294. The molecule has 11 nitrogen and oxygen atoms in total. The second kappa shape index (κ2) is 9.90. The maximum absolute atomic E-state index is 13.5. The molecule has 4 aromatic rings. The van der Waals surface area contributed by atoms with E-state index < -0.39 is 16.6 Å². The lowest BCUT2D eigenvalue weighted by atomic mass is 10.2. The number of hydrogen-bond acceptors (Lipinski definition) is 7. The predicted octanol–water partition coefficient (Wildman–Crippen LogP) is 1.88. The molecule has 1 N–H and O–H groups in total. The molecule has 0 aliphatic rings. The van der Waals surface area contributed by atoms with Crippen molar-refractivity contribution in [2.24, 2.45) is 0 Å². The van der Waals surface area contributed by atoms with E-state index in [1.54, 1.807) is 18.2 Å². The Morgan fingerprint density at radius 1 is 1.18 bits per heavy atom. The minimum atomic E-state index is -0.552. The van der Waals surface area contributed by atoms with Crippen LogP contribution < -0.4 is 15.6 Å². The van der Waals surface area contributed by atoms with Crippen LogP contribution in [0.2, 0.25) is 0 Å². The van der Waals surface area contributed by atoms with Crippen LogP contribution in [0.15, 0.2) is 65.8 Å². The molecule has 2 aromatic heterocycles. The van der Waals surface area contributed by atoms with Gasteiger partial charge in [0.25, 0.3) is 17.2 Å². The fourth-order valence-corrected chi connectivity index (χ4v) is 3.25. The van der Waals surface area contributed by atoms with Gasteiger partial charge in [0.1, 0.15) is 11.7 Å². The summed E-state index contributed by atoms with van der Waals surface area (Å²) in [6.07, 6.45) is 2.78. The van der Waals surface area contributed by atoms with Crippen LogP contribution in [0, 0.1) is 15.9 Å². The summed E-state index contributed by atoms with van der Waals surface area (Å²) in [5, 5.41) is 17.9. The van der Waals surface area contributed by atoms with Crippen molar-refractivity contribution in [3.63, 3.8) is 0 Å². The summed E-state index contributed by atoms with van der Waals surface area (Å²) >= 11 is 0. The molecule has 0 fully saturated rings. The minimum absolute atomic E-state index is 0.00933. The highest BCUT2D eigenvalue weighted by atomic mass is 19.1. The summed E-state index contributed by atoms with van der Waals surface area (Å²) in [6, 6.07) is 11.7. The SMILES string of the molecule is O=C(COc1ccccc1F)NCCn1ncc2c(=O)n(Cc3ccc([N+](=O)[O-])cc3)cnc21. The van der Waals surface area contributed by atoms with E-state index in [9.17, 15) is 24.1 Å². The number of benzene rings is 2. The van der Waals surface area contributed by atoms with Gasteiger partial charge < -0.3 is 10.1 Å². The average Bonchev–Trinajstić information content (AvgIpc) is 3.24. The van der Waals surface area contributed by atoms with E-state index in [1.165, 1.54) is 52.1 Å². The number of carbonyl (C=O) groups excluding carboxylic acids is 1. The monoisotopic (exact) mass is 466 g/mol. The summed E-state index contributed by atoms with van der Waals surface area (Å²) in [5.74, 6) is -0.994. The number of non-ortho nitro benzene ring substituents is 1. The molecule has 1 amide bonds. The van der Waals surface area contributed by atoms with Crippen LogP contribution in [0.4, 0.5) is 10.1 Å². The molecule has 0 bridgehead atoms. The number of aromatic nitrogens is 4. The van der Waals surface area contributed by atoms with Crippen molar-refractivity contribution >= 4 is 22.6 Å². The van der Waals surface area contributed by atoms with Crippen molar-refractivity contribution in [1.82, 2.24) is 24.6 Å². The maximum Gasteiger partial charge on any atom is 0.269 e. The predicted molar refractivity (Wildman–Crippen MR) is 119 cm³/mol. The van der Waals surface area contributed by atoms with E-state index >= 15 is 0 Å². The number of amides is 1. The van der Waals surface area contributed by atoms with Gasteiger partial charge in [-0.15, -0.1) is 0 Å². The van der Waals surface area contributed by atoms with E-state index in [1.807, 2.05) is 0 Å². The first-order valence-electron chi connectivity index (χ1n) is 10.2. The largest absolute Gasteiger partial charge is 0.481 e. The number of para-hydroxylation sites is 1. The molecule has 0 radical (unpaired) electrons. The van der Waals surface area contributed by atoms with Crippen LogP contribution in [0.25, 0.3) is 11.0 Å². The molecule has 0 saturated heterocycles.